The Morgan fingerprint density at radius 2 is 2.10 bits per heavy atom. The molecule has 0 N–H and O–H groups in total. The van der Waals surface area contributed by atoms with Crippen LogP contribution in [0.5, 0.6) is 0 Å². The van der Waals surface area contributed by atoms with E-state index in [-0.39, 0.29) is 12.0 Å². The largest absolute Gasteiger partial charge is 0.376 e. The predicted molar refractivity (Wildman–Crippen MR) is 120 cm³/mol. The van der Waals surface area contributed by atoms with Gasteiger partial charge in [-0.15, -0.1) is 0 Å². The van der Waals surface area contributed by atoms with Gasteiger partial charge in [0.05, 0.1) is 29.3 Å². The molecule has 2 heterocycles. The smallest absolute Gasteiger partial charge is 0.233 e. The monoisotopic (exact) mass is 408 g/mol. The van der Waals surface area contributed by atoms with Crippen LogP contribution in [0.4, 0.5) is 5.13 Å². The number of ether oxygens (including phenoxy) is 1. The summed E-state index contributed by atoms with van der Waals surface area (Å²) in [5, 5.41) is 0.777. The van der Waals surface area contributed by atoms with Crippen LogP contribution in [-0.4, -0.2) is 30.1 Å². The minimum absolute atomic E-state index is 0.0870. The number of nitrogens with zero attached hydrogens (tertiary/aromatic N) is 2. The molecule has 1 saturated heterocycles. The maximum absolute atomic E-state index is 13.4. The Labute approximate surface area is 176 Å². The van der Waals surface area contributed by atoms with E-state index in [0.717, 1.165) is 52.3 Å². The number of hydrogen-bond donors (Lipinski definition) is 0. The second kappa shape index (κ2) is 8.64. The van der Waals surface area contributed by atoms with Crippen molar-refractivity contribution in [2.24, 2.45) is 0 Å². The van der Waals surface area contributed by atoms with Crippen molar-refractivity contribution in [1.82, 2.24) is 4.98 Å². The van der Waals surface area contributed by atoms with Gasteiger partial charge < -0.3 is 4.74 Å². The molecule has 0 radical (unpaired) electrons. The van der Waals surface area contributed by atoms with Crippen molar-refractivity contribution in [2.45, 2.75) is 52.6 Å². The van der Waals surface area contributed by atoms with Crippen molar-refractivity contribution in [3.05, 3.63) is 58.7 Å². The van der Waals surface area contributed by atoms with Gasteiger partial charge in [0, 0.05) is 6.61 Å². The molecule has 4 nitrogen and oxygen atoms in total. The highest BCUT2D eigenvalue weighted by molar-refractivity contribution is 7.22. The first-order chi connectivity index (χ1) is 14.0. The van der Waals surface area contributed by atoms with Crippen LogP contribution < -0.4 is 4.90 Å². The molecule has 1 unspecified atom stereocenters. The molecule has 4 rings (SSSR count). The number of benzene rings is 2. The first kappa shape index (κ1) is 20.0. The van der Waals surface area contributed by atoms with Crippen molar-refractivity contribution in [2.75, 3.05) is 18.1 Å². The SMILES string of the molecule is CCc1ccc2nc(N(CC3CCCO3)C(=O)Cc3cc(C)ccc3C)sc2c1. The fourth-order valence-corrected chi connectivity index (χ4v) is 4.88. The predicted octanol–water partition coefficient (Wildman–Crippen LogP) is 5.23. The average Bonchev–Trinajstić information content (AvgIpc) is 3.37. The zero-order valence-corrected chi connectivity index (χ0v) is 18.2. The minimum atomic E-state index is 0.0870. The number of carbonyl (C=O) groups is 1. The number of amides is 1. The number of thiazole rings is 1. The molecular formula is C24H28N2O2S. The highest BCUT2D eigenvalue weighted by Gasteiger charge is 2.26. The normalized spacial score (nSPS) is 16.4. The number of rotatable bonds is 6. The molecule has 1 amide bonds. The molecule has 2 aromatic carbocycles. The first-order valence-corrected chi connectivity index (χ1v) is 11.2. The van der Waals surface area contributed by atoms with Gasteiger partial charge >= 0.3 is 0 Å². The highest BCUT2D eigenvalue weighted by Crippen LogP contribution is 2.31. The second-order valence-corrected chi connectivity index (χ2v) is 8.91. The van der Waals surface area contributed by atoms with Crippen molar-refractivity contribution >= 4 is 32.6 Å². The molecule has 0 spiro atoms. The van der Waals surface area contributed by atoms with Crippen LogP contribution in [0.1, 0.15) is 42.0 Å². The van der Waals surface area contributed by atoms with Gasteiger partial charge in [-0.05, 0) is 61.9 Å². The molecular weight excluding hydrogens is 380 g/mol. The molecule has 1 aliphatic rings. The number of aromatic nitrogens is 1. The fraction of sp³-hybridized carbons (Fsp3) is 0.417. The molecule has 1 fully saturated rings. The van der Waals surface area contributed by atoms with Gasteiger partial charge in [-0.1, -0.05) is 48.1 Å². The fourth-order valence-electron chi connectivity index (χ4n) is 3.82. The number of carbonyl (C=O) groups excluding carboxylic acids is 1. The second-order valence-electron chi connectivity index (χ2n) is 7.90. The van der Waals surface area contributed by atoms with Crippen LogP contribution in [0.15, 0.2) is 36.4 Å². The Morgan fingerprint density at radius 1 is 1.24 bits per heavy atom. The molecule has 1 aromatic heterocycles. The highest BCUT2D eigenvalue weighted by atomic mass is 32.1. The number of hydrogen-bond acceptors (Lipinski definition) is 4. The lowest BCUT2D eigenvalue weighted by molar-refractivity contribution is -0.118. The number of anilines is 1. The molecule has 29 heavy (non-hydrogen) atoms. The van der Waals surface area contributed by atoms with E-state index in [2.05, 4.69) is 57.2 Å². The maximum Gasteiger partial charge on any atom is 0.233 e. The molecule has 0 bridgehead atoms. The van der Waals surface area contributed by atoms with Gasteiger partial charge in [-0.2, -0.15) is 0 Å². The summed E-state index contributed by atoms with van der Waals surface area (Å²) in [6, 6.07) is 12.7. The number of fused-ring (bicyclic) bond motifs is 1. The van der Waals surface area contributed by atoms with Crippen molar-refractivity contribution < 1.29 is 9.53 Å². The van der Waals surface area contributed by atoms with Crippen LogP contribution in [0.3, 0.4) is 0 Å². The summed E-state index contributed by atoms with van der Waals surface area (Å²) in [6.45, 7) is 7.64. The van der Waals surface area contributed by atoms with Gasteiger partial charge in [0.2, 0.25) is 5.91 Å². The molecule has 1 atom stereocenters. The van der Waals surface area contributed by atoms with Crippen molar-refractivity contribution in [3.8, 4) is 0 Å². The Kier molecular flexibility index (Phi) is 5.97. The van der Waals surface area contributed by atoms with Gasteiger partial charge in [0.1, 0.15) is 0 Å². The van der Waals surface area contributed by atoms with Crippen LogP contribution in [0.2, 0.25) is 0 Å². The third-order valence-corrected chi connectivity index (χ3v) is 6.68. The summed E-state index contributed by atoms with van der Waals surface area (Å²) in [4.78, 5) is 20.1. The summed E-state index contributed by atoms with van der Waals surface area (Å²) in [5.41, 5.74) is 5.66. The van der Waals surface area contributed by atoms with E-state index in [1.807, 2.05) is 4.90 Å². The van der Waals surface area contributed by atoms with E-state index >= 15 is 0 Å². The summed E-state index contributed by atoms with van der Waals surface area (Å²) < 4.78 is 6.98. The van der Waals surface area contributed by atoms with E-state index in [1.54, 1.807) is 11.3 Å². The summed E-state index contributed by atoms with van der Waals surface area (Å²) in [7, 11) is 0. The van der Waals surface area contributed by atoms with E-state index in [4.69, 9.17) is 9.72 Å². The summed E-state index contributed by atoms with van der Waals surface area (Å²) >= 11 is 1.60. The van der Waals surface area contributed by atoms with E-state index in [0.29, 0.717) is 13.0 Å². The maximum atomic E-state index is 13.4. The Bertz CT molecular complexity index is 1020. The van der Waals surface area contributed by atoms with Crippen LogP contribution >= 0.6 is 11.3 Å². The Morgan fingerprint density at radius 3 is 2.86 bits per heavy atom. The van der Waals surface area contributed by atoms with Crippen molar-refractivity contribution in [3.63, 3.8) is 0 Å². The zero-order valence-electron chi connectivity index (χ0n) is 17.4. The Hall–Kier alpha value is -2.24. The molecule has 0 saturated carbocycles. The van der Waals surface area contributed by atoms with Gasteiger partial charge in [0.25, 0.3) is 0 Å². The minimum Gasteiger partial charge on any atom is -0.376 e. The summed E-state index contributed by atoms with van der Waals surface area (Å²) in [5.74, 6) is 0.0870. The van der Waals surface area contributed by atoms with E-state index in [9.17, 15) is 4.79 Å². The van der Waals surface area contributed by atoms with Crippen LogP contribution in [0.25, 0.3) is 10.2 Å². The molecule has 3 aromatic rings. The molecule has 0 aliphatic carbocycles. The molecule has 5 heteroatoms. The van der Waals surface area contributed by atoms with Gasteiger partial charge in [-0.3, -0.25) is 9.69 Å². The summed E-state index contributed by atoms with van der Waals surface area (Å²) in [6.07, 6.45) is 3.53. The van der Waals surface area contributed by atoms with Gasteiger partial charge in [0.15, 0.2) is 5.13 Å². The lowest BCUT2D eigenvalue weighted by Crippen LogP contribution is -2.38. The molecule has 152 valence electrons. The van der Waals surface area contributed by atoms with E-state index < -0.39 is 0 Å². The third kappa shape index (κ3) is 4.51. The molecule has 1 aliphatic heterocycles. The van der Waals surface area contributed by atoms with Crippen LogP contribution in [-0.2, 0) is 22.4 Å². The quantitative estimate of drug-likeness (QED) is 0.561. The zero-order chi connectivity index (χ0) is 20.4. The van der Waals surface area contributed by atoms with E-state index in [1.165, 1.54) is 11.1 Å². The number of aryl methyl sites for hydroxylation is 3. The average molecular weight is 409 g/mol. The van der Waals surface area contributed by atoms with Crippen LogP contribution in [0, 0.1) is 13.8 Å². The standard InChI is InChI=1S/C24H28N2O2S/c1-4-18-9-10-21-22(13-18)29-24(25-21)26(15-20-6-5-11-28-20)23(27)14-19-12-16(2)7-8-17(19)3/h7-10,12-13,20H,4-6,11,14-15H2,1-3H3. The lowest BCUT2D eigenvalue weighted by Gasteiger charge is -2.23. The first-order valence-electron chi connectivity index (χ1n) is 10.4. The topological polar surface area (TPSA) is 42.4 Å². The van der Waals surface area contributed by atoms with Gasteiger partial charge in [-0.25, -0.2) is 4.98 Å². The third-order valence-electron chi connectivity index (χ3n) is 5.64. The lowest BCUT2D eigenvalue weighted by atomic mass is 10.0. The van der Waals surface area contributed by atoms with Crippen molar-refractivity contribution in [1.29, 1.82) is 0 Å². The Balaban J connectivity index is 1.65.